The average Bonchev–Trinajstić information content (AvgIpc) is 2.68. The molecule has 0 N–H and O–H groups in total. The van der Waals surface area contributed by atoms with Crippen molar-refractivity contribution >= 4 is 28.7 Å². The molecule has 1 saturated carbocycles. The molecular formula is C12H12INO. The molecule has 1 aromatic rings. The van der Waals surface area contributed by atoms with Gasteiger partial charge in [0.05, 0.1) is 5.54 Å². The Labute approximate surface area is 103 Å². The summed E-state index contributed by atoms with van der Waals surface area (Å²) in [5.41, 5.74) is 0.887. The first-order valence-corrected chi connectivity index (χ1v) is 6.20. The first kappa shape index (κ1) is 10.8. The number of aliphatic imine (C=N–C) groups is 1. The SMILES string of the molecule is O=C=NC1(c2cccc(I)c2)CCCC1. The molecule has 78 valence electrons. The van der Waals surface area contributed by atoms with Crippen molar-refractivity contribution < 1.29 is 4.79 Å². The summed E-state index contributed by atoms with van der Waals surface area (Å²) >= 11 is 2.29. The lowest BCUT2D eigenvalue weighted by Crippen LogP contribution is -2.18. The Morgan fingerprint density at radius 2 is 2.07 bits per heavy atom. The summed E-state index contributed by atoms with van der Waals surface area (Å²) in [5, 5.41) is 0. The fourth-order valence-electron chi connectivity index (χ4n) is 2.29. The van der Waals surface area contributed by atoms with Gasteiger partial charge in [0, 0.05) is 3.57 Å². The summed E-state index contributed by atoms with van der Waals surface area (Å²) in [5.74, 6) is 0. The number of halogens is 1. The standard InChI is InChI=1S/C12H12INO/c13-11-5-3-4-10(8-11)12(14-9-15)6-1-2-7-12/h3-5,8H,1-2,6-7H2. The maximum atomic E-state index is 10.5. The van der Waals surface area contributed by atoms with E-state index in [0.29, 0.717) is 0 Å². The van der Waals surface area contributed by atoms with Gasteiger partial charge in [-0.25, -0.2) is 4.79 Å². The molecule has 0 spiro atoms. The van der Waals surface area contributed by atoms with Crippen LogP contribution in [0.1, 0.15) is 31.2 Å². The zero-order valence-corrected chi connectivity index (χ0v) is 10.5. The Balaban J connectivity index is 2.45. The molecule has 0 bridgehead atoms. The van der Waals surface area contributed by atoms with Crippen LogP contribution >= 0.6 is 22.6 Å². The predicted molar refractivity (Wildman–Crippen MR) is 67.4 cm³/mol. The summed E-state index contributed by atoms with van der Waals surface area (Å²) in [7, 11) is 0. The second-order valence-corrected chi connectivity index (χ2v) is 5.20. The van der Waals surface area contributed by atoms with E-state index in [1.165, 1.54) is 3.57 Å². The van der Waals surface area contributed by atoms with Gasteiger partial charge in [0.15, 0.2) is 0 Å². The van der Waals surface area contributed by atoms with Gasteiger partial charge in [-0.3, -0.25) is 0 Å². The van der Waals surface area contributed by atoms with Crippen LogP contribution in [0.3, 0.4) is 0 Å². The highest BCUT2D eigenvalue weighted by atomic mass is 127. The molecule has 1 aromatic carbocycles. The van der Waals surface area contributed by atoms with Gasteiger partial charge in [-0.1, -0.05) is 25.0 Å². The number of rotatable bonds is 2. The molecule has 3 heteroatoms. The van der Waals surface area contributed by atoms with Gasteiger partial charge in [0.1, 0.15) is 0 Å². The number of isocyanates is 1. The summed E-state index contributed by atoms with van der Waals surface area (Å²) in [6.07, 6.45) is 5.99. The van der Waals surface area contributed by atoms with Crippen LogP contribution in [0.25, 0.3) is 0 Å². The highest BCUT2D eigenvalue weighted by Crippen LogP contribution is 2.42. The molecule has 0 radical (unpaired) electrons. The molecule has 2 rings (SSSR count). The van der Waals surface area contributed by atoms with Crippen LogP contribution in [-0.2, 0) is 10.3 Å². The molecule has 1 aliphatic carbocycles. The third kappa shape index (κ3) is 2.13. The van der Waals surface area contributed by atoms with Crippen LogP contribution in [0.15, 0.2) is 29.3 Å². The van der Waals surface area contributed by atoms with E-state index in [4.69, 9.17) is 0 Å². The lowest BCUT2D eigenvalue weighted by atomic mass is 9.89. The molecule has 0 saturated heterocycles. The van der Waals surface area contributed by atoms with Gasteiger partial charge in [-0.2, -0.15) is 4.99 Å². The first-order valence-electron chi connectivity index (χ1n) is 5.12. The molecule has 0 unspecified atom stereocenters. The van der Waals surface area contributed by atoms with Crippen molar-refractivity contribution in [3.8, 4) is 0 Å². The van der Waals surface area contributed by atoms with Gasteiger partial charge in [0.2, 0.25) is 6.08 Å². The minimum absolute atomic E-state index is 0.275. The number of benzene rings is 1. The van der Waals surface area contributed by atoms with E-state index in [2.05, 4.69) is 45.8 Å². The highest BCUT2D eigenvalue weighted by Gasteiger charge is 2.35. The molecule has 1 fully saturated rings. The van der Waals surface area contributed by atoms with E-state index in [1.807, 2.05) is 6.07 Å². The van der Waals surface area contributed by atoms with Crippen molar-refractivity contribution in [3.05, 3.63) is 33.4 Å². The smallest absolute Gasteiger partial charge is 0.211 e. The Morgan fingerprint density at radius 3 is 2.67 bits per heavy atom. The molecule has 15 heavy (non-hydrogen) atoms. The van der Waals surface area contributed by atoms with Crippen molar-refractivity contribution in [2.75, 3.05) is 0 Å². The van der Waals surface area contributed by atoms with Gasteiger partial charge in [-0.05, 0) is 53.1 Å². The molecular weight excluding hydrogens is 301 g/mol. The minimum atomic E-state index is -0.275. The minimum Gasteiger partial charge on any atom is -0.211 e. The second-order valence-electron chi connectivity index (χ2n) is 3.95. The first-order chi connectivity index (χ1) is 7.27. The third-order valence-corrected chi connectivity index (χ3v) is 3.72. The van der Waals surface area contributed by atoms with E-state index >= 15 is 0 Å². The Bertz CT molecular complexity index is 404. The van der Waals surface area contributed by atoms with Crippen molar-refractivity contribution in [3.63, 3.8) is 0 Å². The van der Waals surface area contributed by atoms with Crippen LogP contribution in [0, 0.1) is 3.57 Å². The number of hydrogen-bond acceptors (Lipinski definition) is 2. The Morgan fingerprint density at radius 1 is 1.33 bits per heavy atom. The Kier molecular flexibility index (Phi) is 3.22. The summed E-state index contributed by atoms with van der Waals surface area (Å²) in [6.45, 7) is 0. The van der Waals surface area contributed by atoms with Crippen LogP contribution in [0.2, 0.25) is 0 Å². The van der Waals surface area contributed by atoms with E-state index in [1.54, 1.807) is 6.08 Å². The van der Waals surface area contributed by atoms with Crippen LogP contribution in [0.5, 0.6) is 0 Å². The van der Waals surface area contributed by atoms with Gasteiger partial charge in [0.25, 0.3) is 0 Å². The molecule has 2 nitrogen and oxygen atoms in total. The van der Waals surface area contributed by atoms with Crippen molar-refractivity contribution in [1.82, 2.24) is 0 Å². The van der Waals surface area contributed by atoms with Gasteiger partial charge >= 0.3 is 0 Å². The monoisotopic (exact) mass is 313 g/mol. The molecule has 0 aliphatic heterocycles. The topological polar surface area (TPSA) is 29.4 Å². The largest absolute Gasteiger partial charge is 0.235 e. The summed E-state index contributed by atoms with van der Waals surface area (Å²) in [6, 6.07) is 8.26. The van der Waals surface area contributed by atoms with Crippen LogP contribution in [0.4, 0.5) is 0 Å². The number of nitrogens with zero attached hydrogens (tertiary/aromatic N) is 1. The fraction of sp³-hybridized carbons (Fsp3) is 0.417. The predicted octanol–water partition coefficient (Wildman–Crippen LogP) is 3.40. The van der Waals surface area contributed by atoms with Gasteiger partial charge < -0.3 is 0 Å². The van der Waals surface area contributed by atoms with Crippen LogP contribution < -0.4 is 0 Å². The molecule has 0 aromatic heterocycles. The lowest BCUT2D eigenvalue weighted by Gasteiger charge is -2.22. The summed E-state index contributed by atoms with van der Waals surface area (Å²) in [4.78, 5) is 14.6. The lowest BCUT2D eigenvalue weighted by molar-refractivity contribution is 0.455. The average molecular weight is 313 g/mol. The molecule has 1 aliphatic rings. The van der Waals surface area contributed by atoms with Crippen molar-refractivity contribution in [2.45, 2.75) is 31.2 Å². The van der Waals surface area contributed by atoms with E-state index in [-0.39, 0.29) is 5.54 Å². The molecule has 0 atom stereocenters. The second kappa shape index (κ2) is 4.45. The number of hydrogen-bond donors (Lipinski definition) is 0. The Hall–Kier alpha value is -0.670. The normalized spacial score (nSPS) is 18.5. The van der Waals surface area contributed by atoms with Gasteiger partial charge in [-0.15, -0.1) is 0 Å². The van der Waals surface area contributed by atoms with Crippen molar-refractivity contribution in [2.24, 2.45) is 4.99 Å². The zero-order valence-electron chi connectivity index (χ0n) is 8.37. The third-order valence-electron chi connectivity index (χ3n) is 3.05. The van der Waals surface area contributed by atoms with E-state index in [9.17, 15) is 4.79 Å². The van der Waals surface area contributed by atoms with Crippen molar-refractivity contribution in [1.29, 1.82) is 0 Å². The van der Waals surface area contributed by atoms with E-state index < -0.39 is 0 Å². The number of carbonyl (C=O) groups excluding carboxylic acids is 1. The maximum Gasteiger partial charge on any atom is 0.235 e. The van der Waals surface area contributed by atoms with Crippen LogP contribution in [-0.4, -0.2) is 6.08 Å². The quantitative estimate of drug-likeness (QED) is 0.467. The highest BCUT2D eigenvalue weighted by molar-refractivity contribution is 14.1. The van der Waals surface area contributed by atoms with E-state index in [0.717, 1.165) is 31.2 Å². The fourth-order valence-corrected chi connectivity index (χ4v) is 2.83. The molecule has 0 amide bonds. The summed E-state index contributed by atoms with van der Waals surface area (Å²) < 4.78 is 1.19. The maximum absolute atomic E-state index is 10.5. The molecule has 0 heterocycles. The zero-order chi connectivity index (χ0) is 10.7.